The fraction of sp³-hybridized carbons (Fsp3) is 0.267. The Labute approximate surface area is 237 Å². The second-order valence-corrected chi connectivity index (χ2v) is 10.8. The number of imidazole rings is 1. The number of nitrogens with zero attached hydrogens (tertiary/aromatic N) is 4. The van der Waals surface area contributed by atoms with Crippen molar-refractivity contribution in [1.82, 2.24) is 24.4 Å². The van der Waals surface area contributed by atoms with Gasteiger partial charge in [0.05, 0.1) is 33.5 Å². The predicted octanol–water partition coefficient (Wildman–Crippen LogP) is 6.40. The third kappa shape index (κ3) is 5.19. The summed E-state index contributed by atoms with van der Waals surface area (Å²) in [7, 11) is 0. The summed E-state index contributed by atoms with van der Waals surface area (Å²) in [5.74, 6) is -0.692. The molecular formula is C30H25ClF3N5O2. The van der Waals surface area contributed by atoms with E-state index in [0.29, 0.717) is 37.9 Å². The summed E-state index contributed by atoms with van der Waals surface area (Å²) in [6.07, 6.45) is 2.13. The molecule has 3 heterocycles. The van der Waals surface area contributed by atoms with E-state index in [4.69, 9.17) is 11.6 Å². The quantitative estimate of drug-likeness (QED) is 0.261. The lowest BCUT2D eigenvalue weighted by molar-refractivity contribution is -0.141. The van der Waals surface area contributed by atoms with Gasteiger partial charge in [-0.05, 0) is 49.8 Å². The predicted molar refractivity (Wildman–Crippen MR) is 150 cm³/mol. The fourth-order valence-electron chi connectivity index (χ4n) is 5.75. The van der Waals surface area contributed by atoms with E-state index in [2.05, 4.69) is 15.3 Å². The number of carbonyl (C=O) groups excluding carboxylic acids is 1. The van der Waals surface area contributed by atoms with Crippen molar-refractivity contribution in [2.75, 3.05) is 0 Å². The zero-order valence-corrected chi connectivity index (χ0v) is 22.5. The first-order valence-corrected chi connectivity index (χ1v) is 13.7. The van der Waals surface area contributed by atoms with Crippen molar-refractivity contribution in [1.29, 1.82) is 0 Å². The molecule has 3 aromatic heterocycles. The van der Waals surface area contributed by atoms with Crippen LogP contribution in [0.1, 0.15) is 41.7 Å². The van der Waals surface area contributed by atoms with Gasteiger partial charge in [-0.2, -0.15) is 13.2 Å². The number of alkyl halides is 3. The van der Waals surface area contributed by atoms with Crippen molar-refractivity contribution in [2.24, 2.45) is 5.92 Å². The lowest BCUT2D eigenvalue weighted by Gasteiger charge is -2.29. The van der Waals surface area contributed by atoms with E-state index in [1.165, 1.54) is 0 Å². The van der Waals surface area contributed by atoms with Gasteiger partial charge in [0.15, 0.2) is 5.69 Å². The maximum absolute atomic E-state index is 13.8. The third-order valence-electron chi connectivity index (χ3n) is 7.71. The van der Waals surface area contributed by atoms with E-state index in [-0.39, 0.29) is 22.7 Å². The number of pyridine rings is 2. The van der Waals surface area contributed by atoms with Crippen LogP contribution in [-0.4, -0.2) is 31.1 Å². The van der Waals surface area contributed by atoms with Gasteiger partial charge in [0.2, 0.25) is 0 Å². The highest BCUT2D eigenvalue weighted by Gasteiger charge is 2.38. The van der Waals surface area contributed by atoms with Crippen LogP contribution in [-0.2, 0) is 12.7 Å². The standard InChI is InChI=1S/C30H25ClF3N5O2/c31-20-13-23(27(36-15-20)30(32,33)34)28(40)37-21-11-9-18(10-12-21)17-38-24-7-3-4-8-25(24)39(29(38)41)26-16-35-14-19-5-1-2-6-22(19)26/h1-8,13-16,18,21H,9-12,17H2,(H,37,40)/t18-,21-. The summed E-state index contributed by atoms with van der Waals surface area (Å²) < 4.78 is 43.7. The lowest BCUT2D eigenvalue weighted by Crippen LogP contribution is -2.39. The van der Waals surface area contributed by atoms with Crippen LogP contribution in [0.15, 0.2) is 78.0 Å². The zero-order chi connectivity index (χ0) is 28.7. The number of hydrogen-bond acceptors (Lipinski definition) is 4. The highest BCUT2D eigenvalue weighted by Crippen LogP contribution is 2.32. The molecule has 6 rings (SSSR count). The smallest absolute Gasteiger partial charge is 0.349 e. The summed E-state index contributed by atoms with van der Waals surface area (Å²) in [6, 6.07) is 16.1. The minimum absolute atomic E-state index is 0.0456. The average Bonchev–Trinajstić information content (AvgIpc) is 3.23. The number of halogens is 4. The molecule has 0 bridgehead atoms. The van der Waals surface area contributed by atoms with Gasteiger partial charge in [-0.25, -0.2) is 9.78 Å². The molecule has 210 valence electrons. The third-order valence-corrected chi connectivity index (χ3v) is 7.92. The Kier molecular flexibility index (Phi) is 7.03. The van der Waals surface area contributed by atoms with Crippen molar-refractivity contribution >= 4 is 39.3 Å². The van der Waals surface area contributed by atoms with Gasteiger partial charge < -0.3 is 5.32 Å². The molecule has 0 atom stereocenters. The Morgan fingerprint density at radius 2 is 1.68 bits per heavy atom. The van der Waals surface area contributed by atoms with Gasteiger partial charge in [0.1, 0.15) is 0 Å². The minimum Gasteiger partial charge on any atom is -0.349 e. The van der Waals surface area contributed by atoms with E-state index >= 15 is 0 Å². The molecule has 2 aromatic carbocycles. The molecule has 1 N–H and O–H groups in total. The summed E-state index contributed by atoms with van der Waals surface area (Å²) >= 11 is 5.83. The van der Waals surface area contributed by atoms with Crippen LogP contribution in [0.4, 0.5) is 13.2 Å². The fourth-order valence-corrected chi connectivity index (χ4v) is 5.90. The zero-order valence-electron chi connectivity index (χ0n) is 21.7. The van der Waals surface area contributed by atoms with Crippen LogP contribution in [0.3, 0.4) is 0 Å². The van der Waals surface area contributed by atoms with E-state index < -0.39 is 23.3 Å². The second kappa shape index (κ2) is 10.7. The molecule has 5 aromatic rings. The van der Waals surface area contributed by atoms with E-state index in [0.717, 1.165) is 34.1 Å². The van der Waals surface area contributed by atoms with Crippen LogP contribution in [0.2, 0.25) is 5.02 Å². The molecule has 1 aliphatic rings. The first kappa shape index (κ1) is 27.0. The molecule has 7 nitrogen and oxygen atoms in total. The maximum atomic E-state index is 13.8. The molecule has 0 radical (unpaired) electrons. The van der Waals surface area contributed by atoms with Crippen LogP contribution < -0.4 is 11.0 Å². The molecular weight excluding hydrogens is 555 g/mol. The van der Waals surface area contributed by atoms with Gasteiger partial charge in [-0.3, -0.25) is 18.9 Å². The van der Waals surface area contributed by atoms with Crippen molar-refractivity contribution < 1.29 is 18.0 Å². The average molecular weight is 580 g/mol. The summed E-state index contributed by atoms with van der Waals surface area (Å²) in [5, 5.41) is 4.54. The number of amides is 1. The first-order chi connectivity index (χ1) is 19.7. The van der Waals surface area contributed by atoms with Gasteiger partial charge in [-0.1, -0.05) is 48.0 Å². The topological polar surface area (TPSA) is 81.8 Å². The SMILES string of the molecule is O=C(N[C@H]1CC[C@H](Cn2c(=O)n(-c3cncc4ccccc34)c3ccccc32)CC1)c1cc(Cl)cnc1C(F)(F)F. The molecule has 1 amide bonds. The molecule has 11 heteroatoms. The number of benzene rings is 2. The first-order valence-electron chi connectivity index (χ1n) is 13.3. The Bertz CT molecular complexity index is 1820. The summed E-state index contributed by atoms with van der Waals surface area (Å²) in [6.45, 7) is 0.488. The van der Waals surface area contributed by atoms with Crippen molar-refractivity contribution in [3.8, 4) is 5.69 Å². The highest BCUT2D eigenvalue weighted by atomic mass is 35.5. The normalized spacial score (nSPS) is 17.7. The monoisotopic (exact) mass is 579 g/mol. The second-order valence-electron chi connectivity index (χ2n) is 10.3. The summed E-state index contributed by atoms with van der Waals surface area (Å²) in [4.78, 5) is 34.3. The van der Waals surface area contributed by atoms with E-state index in [1.54, 1.807) is 21.5 Å². The minimum atomic E-state index is -4.77. The molecule has 0 saturated heterocycles. The van der Waals surface area contributed by atoms with Gasteiger partial charge >= 0.3 is 11.9 Å². The van der Waals surface area contributed by atoms with Crippen LogP contribution in [0.5, 0.6) is 0 Å². The summed E-state index contributed by atoms with van der Waals surface area (Å²) in [5.41, 5.74) is 0.303. The number of aromatic nitrogens is 4. The molecule has 0 unspecified atom stereocenters. The molecule has 41 heavy (non-hydrogen) atoms. The van der Waals surface area contributed by atoms with Gasteiger partial charge in [0.25, 0.3) is 5.91 Å². The molecule has 0 spiro atoms. The van der Waals surface area contributed by atoms with Crippen molar-refractivity contribution in [3.63, 3.8) is 0 Å². The Morgan fingerprint density at radius 1 is 0.976 bits per heavy atom. The van der Waals surface area contributed by atoms with E-state index in [9.17, 15) is 22.8 Å². The van der Waals surface area contributed by atoms with Gasteiger partial charge in [0, 0.05) is 35.8 Å². The largest absolute Gasteiger partial charge is 0.434 e. The van der Waals surface area contributed by atoms with Gasteiger partial charge in [-0.15, -0.1) is 0 Å². The Balaban J connectivity index is 1.21. The number of carbonyl (C=O) groups is 1. The number of rotatable bonds is 5. The number of para-hydroxylation sites is 2. The van der Waals surface area contributed by atoms with Crippen molar-refractivity contribution in [2.45, 2.75) is 44.4 Å². The van der Waals surface area contributed by atoms with Crippen LogP contribution in [0, 0.1) is 5.92 Å². The Morgan fingerprint density at radius 3 is 2.44 bits per heavy atom. The van der Waals surface area contributed by atoms with Crippen molar-refractivity contribution in [3.05, 3.63) is 100.0 Å². The maximum Gasteiger partial charge on any atom is 0.434 e. The number of fused-ring (bicyclic) bond motifs is 2. The van der Waals surface area contributed by atoms with Crippen LogP contribution in [0.25, 0.3) is 27.5 Å². The molecule has 1 fully saturated rings. The van der Waals surface area contributed by atoms with E-state index in [1.807, 2.05) is 48.5 Å². The molecule has 0 aliphatic heterocycles. The number of hydrogen-bond donors (Lipinski definition) is 1. The Hall–Kier alpha value is -4.18. The lowest BCUT2D eigenvalue weighted by atomic mass is 9.85. The molecule has 1 saturated carbocycles. The van der Waals surface area contributed by atoms with Crippen LogP contribution >= 0.6 is 11.6 Å². The molecule has 1 aliphatic carbocycles. The number of nitrogens with one attached hydrogen (secondary N) is 1. The highest BCUT2D eigenvalue weighted by molar-refractivity contribution is 6.30.